The van der Waals surface area contributed by atoms with E-state index in [2.05, 4.69) is 57.4 Å². The number of hydrogen-bond donors (Lipinski definition) is 1. The first-order valence-corrected chi connectivity index (χ1v) is 11.8. The largest absolute Gasteiger partial charge is 0.381 e. The zero-order valence-corrected chi connectivity index (χ0v) is 19.1. The molecule has 2 fully saturated rings. The third-order valence-corrected chi connectivity index (χ3v) is 5.98. The molecule has 1 aromatic carbocycles. The third kappa shape index (κ3) is 6.43. The van der Waals surface area contributed by atoms with Gasteiger partial charge in [0.2, 0.25) is 0 Å². The molecule has 1 aromatic heterocycles. The van der Waals surface area contributed by atoms with Crippen LogP contribution in [0.2, 0.25) is 0 Å². The van der Waals surface area contributed by atoms with E-state index in [-0.39, 0.29) is 0 Å². The van der Waals surface area contributed by atoms with E-state index < -0.39 is 0 Å². The van der Waals surface area contributed by atoms with Crippen LogP contribution < -0.4 is 10.2 Å². The molecule has 4 rings (SSSR count). The summed E-state index contributed by atoms with van der Waals surface area (Å²) in [6.45, 7) is 9.71. The molecule has 32 heavy (non-hydrogen) atoms. The average Bonchev–Trinajstić information content (AvgIpc) is 2.87. The average molecular weight is 438 g/mol. The monoisotopic (exact) mass is 437 g/mol. The smallest absolute Gasteiger partial charge is 0.194 e. The van der Waals surface area contributed by atoms with Gasteiger partial charge < -0.3 is 24.6 Å². The Morgan fingerprint density at radius 3 is 2.50 bits per heavy atom. The second-order valence-corrected chi connectivity index (χ2v) is 8.27. The number of anilines is 1. The maximum Gasteiger partial charge on any atom is 0.194 e. The van der Waals surface area contributed by atoms with Crippen molar-refractivity contribution < 1.29 is 9.47 Å². The minimum atomic E-state index is 0.328. The standard InChI is InChI=1S/C25H35N5O2/c1-2-26-25(30-15-13-29(14-16-30)24-5-3-4-12-27-24)28-19-21-6-8-22(9-7-21)20-32-23-10-17-31-18-11-23/h3-9,12,23H,2,10-11,13-20H2,1H3,(H,26,28). The fourth-order valence-corrected chi connectivity index (χ4v) is 4.08. The van der Waals surface area contributed by atoms with Gasteiger partial charge in [-0.2, -0.15) is 0 Å². The molecule has 2 aliphatic heterocycles. The number of benzene rings is 1. The molecule has 2 aromatic rings. The van der Waals surface area contributed by atoms with Crippen molar-refractivity contribution >= 4 is 11.8 Å². The van der Waals surface area contributed by atoms with Gasteiger partial charge in [-0.25, -0.2) is 9.98 Å². The Bertz CT molecular complexity index is 829. The number of nitrogens with one attached hydrogen (secondary N) is 1. The van der Waals surface area contributed by atoms with Crippen molar-refractivity contribution in [2.45, 2.75) is 39.0 Å². The molecular weight excluding hydrogens is 402 g/mol. The van der Waals surface area contributed by atoms with Gasteiger partial charge >= 0.3 is 0 Å². The van der Waals surface area contributed by atoms with E-state index in [1.165, 1.54) is 11.1 Å². The molecule has 0 bridgehead atoms. The van der Waals surface area contributed by atoms with Crippen LogP contribution in [0.3, 0.4) is 0 Å². The van der Waals surface area contributed by atoms with Crippen molar-refractivity contribution in [2.24, 2.45) is 4.99 Å². The summed E-state index contributed by atoms with van der Waals surface area (Å²) in [6.07, 6.45) is 4.18. The van der Waals surface area contributed by atoms with E-state index in [4.69, 9.17) is 14.5 Å². The van der Waals surface area contributed by atoms with Crippen molar-refractivity contribution in [2.75, 3.05) is 50.8 Å². The molecule has 0 radical (unpaired) electrons. The highest BCUT2D eigenvalue weighted by Crippen LogP contribution is 2.15. The van der Waals surface area contributed by atoms with Crippen LogP contribution in [0.25, 0.3) is 0 Å². The highest BCUT2D eigenvalue weighted by atomic mass is 16.5. The van der Waals surface area contributed by atoms with Crippen molar-refractivity contribution in [3.05, 3.63) is 59.8 Å². The first kappa shape index (κ1) is 22.6. The molecule has 0 spiro atoms. The molecule has 7 heteroatoms. The summed E-state index contributed by atoms with van der Waals surface area (Å²) >= 11 is 0. The SMILES string of the molecule is CCNC(=NCc1ccc(COC2CCOCC2)cc1)N1CCN(c2ccccn2)CC1. The van der Waals surface area contributed by atoms with E-state index in [1.807, 2.05) is 18.3 Å². The normalized spacial score (nSPS) is 18.1. The molecule has 0 saturated carbocycles. The first-order valence-electron chi connectivity index (χ1n) is 11.8. The molecule has 2 aliphatic rings. The van der Waals surface area contributed by atoms with Gasteiger partial charge in [0.05, 0.1) is 19.3 Å². The van der Waals surface area contributed by atoms with Crippen molar-refractivity contribution in [3.63, 3.8) is 0 Å². The van der Waals surface area contributed by atoms with Crippen molar-refractivity contribution in [1.29, 1.82) is 0 Å². The van der Waals surface area contributed by atoms with Gasteiger partial charge in [-0.15, -0.1) is 0 Å². The number of guanidine groups is 1. The highest BCUT2D eigenvalue weighted by Gasteiger charge is 2.20. The van der Waals surface area contributed by atoms with E-state index >= 15 is 0 Å². The molecule has 1 N–H and O–H groups in total. The van der Waals surface area contributed by atoms with Crippen molar-refractivity contribution in [3.8, 4) is 0 Å². The second kappa shape index (κ2) is 11.8. The lowest BCUT2D eigenvalue weighted by Crippen LogP contribution is -2.52. The van der Waals surface area contributed by atoms with Crippen LogP contribution >= 0.6 is 0 Å². The summed E-state index contributed by atoms with van der Waals surface area (Å²) in [6, 6.07) is 14.7. The van der Waals surface area contributed by atoms with E-state index in [0.29, 0.717) is 19.3 Å². The molecule has 0 atom stereocenters. The van der Waals surface area contributed by atoms with Crippen LogP contribution in [0.4, 0.5) is 5.82 Å². The van der Waals surface area contributed by atoms with E-state index in [1.54, 1.807) is 0 Å². The van der Waals surface area contributed by atoms with Crippen LogP contribution in [0.1, 0.15) is 30.9 Å². The molecule has 2 saturated heterocycles. The number of hydrogen-bond acceptors (Lipinski definition) is 5. The van der Waals surface area contributed by atoms with E-state index in [0.717, 1.165) is 70.6 Å². The molecule has 0 aliphatic carbocycles. The van der Waals surface area contributed by atoms with Gasteiger partial charge in [0, 0.05) is 52.1 Å². The van der Waals surface area contributed by atoms with Gasteiger partial charge in [-0.05, 0) is 43.0 Å². The predicted molar refractivity (Wildman–Crippen MR) is 128 cm³/mol. The molecule has 3 heterocycles. The number of nitrogens with zero attached hydrogens (tertiary/aromatic N) is 4. The fourth-order valence-electron chi connectivity index (χ4n) is 4.08. The summed E-state index contributed by atoms with van der Waals surface area (Å²) in [5.41, 5.74) is 2.42. The van der Waals surface area contributed by atoms with E-state index in [9.17, 15) is 0 Å². The lowest BCUT2D eigenvalue weighted by molar-refractivity contribution is -0.0390. The Kier molecular flexibility index (Phi) is 8.34. The Hall–Kier alpha value is -2.64. The minimum Gasteiger partial charge on any atom is -0.381 e. The second-order valence-electron chi connectivity index (χ2n) is 8.27. The predicted octanol–water partition coefficient (Wildman–Crippen LogP) is 3.06. The Labute approximate surface area is 191 Å². The zero-order valence-electron chi connectivity index (χ0n) is 19.1. The maximum absolute atomic E-state index is 6.03. The van der Waals surface area contributed by atoms with Gasteiger partial charge in [-0.1, -0.05) is 30.3 Å². The first-order chi connectivity index (χ1) is 15.8. The number of piperazine rings is 1. The fraction of sp³-hybridized carbons (Fsp3) is 0.520. The molecular formula is C25H35N5O2. The van der Waals surface area contributed by atoms with Crippen LogP contribution in [0.5, 0.6) is 0 Å². The highest BCUT2D eigenvalue weighted by molar-refractivity contribution is 5.80. The quantitative estimate of drug-likeness (QED) is 0.531. The Balaban J connectivity index is 1.28. The summed E-state index contributed by atoms with van der Waals surface area (Å²) in [5.74, 6) is 2.04. The lowest BCUT2D eigenvalue weighted by atomic mass is 10.1. The van der Waals surface area contributed by atoms with Gasteiger partial charge in [-0.3, -0.25) is 0 Å². The Morgan fingerprint density at radius 2 is 1.81 bits per heavy atom. The number of rotatable bonds is 7. The topological polar surface area (TPSA) is 62.2 Å². The summed E-state index contributed by atoms with van der Waals surface area (Å²) in [5, 5.41) is 3.46. The number of pyridine rings is 1. The number of aliphatic imine (C=N–C) groups is 1. The number of ether oxygens (including phenoxy) is 2. The molecule has 172 valence electrons. The molecule has 0 amide bonds. The summed E-state index contributed by atoms with van der Waals surface area (Å²) in [4.78, 5) is 14.1. The summed E-state index contributed by atoms with van der Waals surface area (Å²) in [7, 11) is 0. The maximum atomic E-state index is 6.03. The van der Waals surface area contributed by atoms with Crippen LogP contribution in [0, 0.1) is 0 Å². The van der Waals surface area contributed by atoms with Gasteiger partial charge in [0.1, 0.15) is 5.82 Å². The number of aromatic nitrogens is 1. The molecule has 0 unspecified atom stereocenters. The Morgan fingerprint density at radius 1 is 1.06 bits per heavy atom. The van der Waals surface area contributed by atoms with Crippen LogP contribution in [-0.2, 0) is 22.6 Å². The lowest BCUT2D eigenvalue weighted by Gasteiger charge is -2.37. The van der Waals surface area contributed by atoms with Crippen LogP contribution in [0.15, 0.2) is 53.7 Å². The van der Waals surface area contributed by atoms with Gasteiger partial charge in [0.25, 0.3) is 0 Å². The molecule has 7 nitrogen and oxygen atoms in total. The van der Waals surface area contributed by atoms with Crippen LogP contribution in [-0.4, -0.2) is 67.9 Å². The summed E-state index contributed by atoms with van der Waals surface area (Å²) < 4.78 is 11.4. The van der Waals surface area contributed by atoms with Gasteiger partial charge in [0.15, 0.2) is 5.96 Å². The van der Waals surface area contributed by atoms with Crippen molar-refractivity contribution in [1.82, 2.24) is 15.2 Å². The third-order valence-electron chi connectivity index (χ3n) is 5.98. The zero-order chi connectivity index (χ0) is 22.0. The minimum absolute atomic E-state index is 0.328.